The molecule has 0 amide bonds. The fourth-order valence-electron chi connectivity index (χ4n) is 0.750. The van der Waals surface area contributed by atoms with Gasteiger partial charge in [-0.25, -0.2) is 4.39 Å². The molecule has 0 bridgehead atoms. The van der Waals surface area contributed by atoms with Gasteiger partial charge in [0.05, 0.1) is 10.1 Å². The normalized spacial score (nSPS) is 11.6. The van der Waals surface area contributed by atoms with E-state index in [1.54, 1.807) is 6.07 Å². The van der Waals surface area contributed by atoms with E-state index < -0.39 is 5.82 Å². The SMILES string of the molecule is Fc1cc(OC/C(Cl)=C/Cl)ccc1Cl. The summed E-state index contributed by atoms with van der Waals surface area (Å²) in [5.74, 6) is -0.182. The summed E-state index contributed by atoms with van der Waals surface area (Å²) in [6.07, 6.45) is 0. The molecule has 0 N–H and O–H groups in total. The molecule has 0 aliphatic rings. The summed E-state index contributed by atoms with van der Waals surface area (Å²) in [6, 6.07) is 4.13. The van der Waals surface area contributed by atoms with Crippen LogP contribution < -0.4 is 4.74 Å². The van der Waals surface area contributed by atoms with E-state index in [1.165, 1.54) is 17.7 Å². The van der Waals surface area contributed by atoms with Crippen LogP contribution in [-0.2, 0) is 0 Å². The van der Waals surface area contributed by atoms with Crippen LogP contribution in [0.5, 0.6) is 5.75 Å². The van der Waals surface area contributed by atoms with Crippen molar-refractivity contribution in [3.05, 3.63) is 39.6 Å². The van der Waals surface area contributed by atoms with E-state index in [4.69, 9.17) is 39.5 Å². The summed E-state index contributed by atoms with van der Waals surface area (Å²) in [5, 5.41) is 0.387. The van der Waals surface area contributed by atoms with Crippen LogP contribution in [-0.4, -0.2) is 6.61 Å². The Morgan fingerprint density at radius 2 is 2.21 bits per heavy atom. The van der Waals surface area contributed by atoms with Crippen molar-refractivity contribution in [2.45, 2.75) is 0 Å². The average Bonchev–Trinajstić information content (AvgIpc) is 2.19. The van der Waals surface area contributed by atoms with Gasteiger partial charge in [0.2, 0.25) is 0 Å². The summed E-state index contributed by atoms with van der Waals surface area (Å²) >= 11 is 16.4. The van der Waals surface area contributed by atoms with Crippen LogP contribution >= 0.6 is 34.8 Å². The zero-order valence-electron chi connectivity index (χ0n) is 6.94. The lowest BCUT2D eigenvalue weighted by molar-refractivity contribution is 0.357. The first-order valence-electron chi connectivity index (χ1n) is 3.66. The van der Waals surface area contributed by atoms with Gasteiger partial charge in [-0.05, 0) is 12.1 Å². The van der Waals surface area contributed by atoms with Crippen molar-refractivity contribution in [2.24, 2.45) is 0 Å². The van der Waals surface area contributed by atoms with Gasteiger partial charge in [-0.3, -0.25) is 0 Å². The minimum atomic E-state index is -0.532. The molecule has 0 fully saturated rings. The van der Waals surface area contributed by atoms with Gasteiger partial charge in [-0.1, -0.05) is 34.8 Å². The van der Waals surface area contributed by atoms with Crippen LogP contribution in [0.4, 0.5) is 4.39 Å². The van der Waals surface area contributed by atoms with E-state index in [1.807, 2.05) is 0 Å². The summed E-state index contributed by atoms with van der Waals surface area (Å²) in [5.41, 5.74) is 1.19. The summed E-state index contributed by atoms with van der Waals surface area (Å²) < 4.78 is 18.0. The lowest BCUT2D eigenvalue weighted by atomic mass is 10.3. The van der Waals surface area contributed by atoms with Crippen molar-refractivity contribution in [2.75, 3.05) is 6.61 Å². The summed E-state index contributed by atoms with van der Waals surface area (Å²) in [7, 11) is 0. The molecule has 76 valence electrons. The highest BCUT2D eigenvalue weighted by atomic mass is 35.5. The highest BCUT2D eigenvalue weighted by molar-refractivity contribution is 6.36. The maximum absolute atomic E-state index is 12.9. The molecule has 0 aliphatic heterocycles. The number of hydrogen-bond donors (Lipinski definition) is 0. The van der Waals surface area contributed by atoms with Gasteiger partial charge < -0.3 is 4.74 Å². The molecule has 1 nitrogen and oxygen atoms in total. The molecule has 0 saturated carbocycles. The van der Waals surface area contributed by atoms with Gasteiger partial charge in [-0.15, -0.1) is 0 Å². The van der Waals surface area contributed by atoms with E-state index in [2.05, 4.69) is 0 Å². The van der Waals surface area contributed by atoms with Gasteiger partial charge in [0.15, 0.2) is 0 Å². The predicted molar refractivity (Wildman–Crippen MR) is 56.7 cm³/mol. The van der Waals surface area contributed by atoms with Crippen molar-refractivity contribution in [3.8, 4) is 5.75 Å². The molecule has 1 aromatic rings. The molecule has 1 aromatic carbocycles. The third-order valence-corrected chi connectivity index (χ3v) is 2.29. The van der Waals surface area contributed by atoms with E-state index in [0.717, 1.165) is 0 Å². The quantitative estimate of drug-likeness (QED) is 0.787. The second-order valence-electron chi connectivity index (χ2n) is 2.42. The molecular formula is C9H6Cl3FO. The maximum atomic E-state index is 12.9. The molecule has 0 heterocycles. The first-order valence-corrected chi connectivity index (χ1v) is 4.85. The van der Waals surface area contributed by atoms with Gasteiger partial charge in [-0.2, -0.15) is 0 Å². The second kappa shape index (κ2) is 5.44. The molecule has 1 rings (SSSR count). The van der Waals surface area contributed by atoms with Crippen molar-refractivity contribution < 1.29 is 9.13 Å². The van der Waals surface area contributed by atoms with Crippen LogP contribution in [0, 0.1) is 5.82 Å². The van der Waals surface area contributed by atoms with Crippen LogP contribution in [0.3, 0.4) is 0 Å². The number of halogens is 4. The standard InChI is InChI=1S/C9H6Cl3FO/c10-4-6(11)5-14-7-1-2-8(12)9(13)3-7/h1-4H,5H2/b6-4-. The molecule has 5 heteroatoms. The highest BCUT2D eigenvalue weighted by Gasteiger charge is 2.02. The van der Waals surface area contributed by atoms with Gasteiger partial charge in [0.1, 0.15) is 18.2 Å². The Labute approximate surface area is 96.0 Å². The van der Waals surface area contributed by atoms with E-state index in [-0.39, 0.29) is 11.6 Å². The van der Waals surface area contributed by atoms with Gasteiger partial charge in [0.25, 0.3) is 0 Å². The number of rotatable bonds is 3. The van der Waals surface area contributed by atoms with E-state index in [0.29, 0.717) is 10.8 Å². The monoisotopic (exact) mass is 254 g/mol. The molecule has 0 spiro atoms. The summed E-state index contributed by atoms with van der Waals surface area (Å²) in [6.45, 7) is 0.103. The van der Waals surface area contributed by atoms with Crippen molar-refractivity contribution in [1.82, 2.24) is 0 Å². The Bertz CT molecular complexity index is 352. The average molecular weight is 256 g/mol. The Hall–Kier alpha value is -0.440. The molecule has 0 atom stereocenters. The fraction of sp³-hybridized carbons (Fsp3) is 0.111. The Kier molecular flexibility index (Phi) is 4.52. The topological polar surface area (TPSA) is 9.23 Å². The smallest absolute Gasteiger partial charge is 0.145 e. The van der Waals surface area contributed by atoms with Crippen molar-refractivity contribution in [1.29, 1.82) is 0 Å². The van der Waals surface area contributed by atoms with Crippen LogP contribution in [0.15, 0.2) is 28.8 Å². The number of ether oxygens (including phenoxy) is 1. The first-order chi connectivity index (χ1) is 6.63. The predicted octanol–water partition coefficient (Wildman–Crippen LogP) is 4.18. The molecule has 0 aromatic heterocycles. The zero-order valence-corrected chi connectivity index (χ0v) is 9.20. The molecule has 0 saturated heterocycles. The van der Waals surface area contributed by atoms with Crippen LogP contribution in [0.2, 0.25) is 5.02 Å². The molecule has 0 aliphatic carbocycles. The minimum Gasteiger partial charge on any atom is -0.488 e. The second-order valence-corrected chi connectivity index (χ2v) is 3.53. The third kappa shape index (κ3) is 3.37. The molecular weight excluding hydrogens is 249 g/mol. The zero-order chi connectivity index (χ0) is 10.6. The molecule has 0 unspecified atom stereocenters. The van der Waals surface area contributed by atoms with E-state index in [9.17, 15) is 4.39 Å². The Morgan fingerprint density at radius 3 is 2.79 bits per heavy atom. The maximum Gasteiger partial charge on any atom is 0.145 e. The van der Waals surface area contributed by atoms with E-state index >= 15 is 0 Å². The van der Waals surface area contributed by atoms with Crippen molar-refractivity contribution >= 4 is 34.8 Å². The largest absolute Gasteiger partial charge is 0.488 e. The lowest BCUT2D eigenvalue weighted by Gasteiger charge is -2.04. The Balaban J connectivity index is 2.64. The van der Waals surface area contributed by atoms with Gasteiger partial charge >= 0.3 is 0 Å². The van der Waals surface area contributed by atoms with Crippen LogP contribution in [0.1, 0.15) is 0 Å². The molecule has 14 heavy (non-hydrogen) atoms. The third-order valence-electron chi connectivity index (χ3n) is 1.39. The number of hydrogen-bond acceptors (Lipinski definition) is 1. The van der Waals surface area contributed by atoms with Gasteiger partial charge in [0, 0.05) is 11.6 Å². The Morgan fingerprint density at radius 1 is 1.50 bits per heavy atom. The molecule has 0 radical (unpaired) electrons. The minimum absolute atomic E-state index is 0.0522. The first kappa shape index (κ1) is 11.6. The highest BCUT2D eigenvalue weighted by Crippen LogP contribution is 2.21. The van der Waals surface area contributed by atoms with Crippen molar-refractivity contribution in [3.63, 3.8) is 0 Å². The fourth-order valence-corrected chi connectivity index (χ4v) is 0.986. The summed E-state index contributed by atoms with van der Waals surface area (Å²) in [4.78, 5) is 0. The lowest BCUT2D eigenvalue weighted by Crippen LogP contribution is -1.97. The number of benzene rings is 1. The van der Waals surface area contributed by atoms with Crippen LogP contribution in [0.25, 0.3) is 0 Å².